The molecule has 2 N–H and O–H groups in total. The predicted molar refractivity (Wildman–Crippen MR) is 89.7 cm³/mol. The Kier molecular flexibility index (Phi) is 3.73. The third kappa shape index (κ3) is 2.44. The molecule has 1 aliphatic carbocycles. The summed E-state index contributed by atoms with van der Waals surface area (Å²) in [6, 6.07) is 6.00. The number of tetrazole rings is 1. The highest BCUT2D eigenvalue weighted by Crippen LogP contribution is 2.35. The van der Waals surface area contributed by atoms with Crippen molar-refractivity contribution in [3.05, 3.63) is 59.5 Å². The molecule has 0 spiro atoms. The smallest absolute Gasteiger partial charge is 0.234 e. The molecule has 122 valence electrons. The molecule has 0 bridgehead atoms. The third-order valence-electron chi connectivity index (χ3n) is 4.31. The predicted octanol–water partition coefficient (Wildman–Crippen LogP) is 1.96. The Labute approximate surface area is 142 Å². The van der Waals surface area contributed by atoms with E-state index in [9.17, 15) is 4.79 Å². The fourth-order valence-electron chi connectivity index (χ4n) is 2.99. The summed E-state index contributed by atoms with van der Waals surface area (Å²) in [5, 5.41) is 20.3. The molecule has 0 aromatic carbocycles. The molecular weight excluding hydrogens is 324 g/mol. The van der Waals surface area contributed by atoms with Crippen molar-refractivity contribution >= 4 is 17.2 Å². The van der Waals surface area contributed by atoms with Gasteiger partial charge < -0.3 is 9.88 Å². The zero-order valence-electron chi connectivity index (χ0n) is 12.8. The molecule has 0 fully saturated rings. The summed E-state index contributed by atoms with van der Waals surface area (Å²) < 4.78 is 2.05. The van der Waals surface area contributed by atoms with Gasteiger partial charge in [-0.3, -0.25) is 4.79 Å². The molecule has 0 radical (unpaired) electrons. The van der Waals surface area contributed by atoms with E-state index >= 15 is 0 Å². The van der Waals surface area contributed by atoms with Crippen LogP contribution in [0.5, 0.6) is 0 Å². The number of nitrogens with zero attached hydrogens (tertiary/aromatic N) is 4. The zero-order chi connectivity index (χ0) is 16.4. The summed E-state index contributed by atoms with van der Waals surface area (Å²) in [6.07, 6.45) is 9.16. The lowest BCUT2D eigenvalue weighted by Crippen LogP contribution is -2.43. The zero-order valence-corrected chi connectivity index (χ0v) is 13.7. The van der Waals surface area contributed by atoms with E-state index in [0.717, 1.165) is 10.6 Å². The van der Waals surface area contributed by atoms with Crippen molar-refractivity contribution in [2.75, 3.05) is 0 Å². The fraction of sp³-hybridized carbons (Fsp3) is 0.250. The maximum Gasteiger partial charge on any atom is 0.234 e. The van der Waals surface area contributed by atoms with Crippen LogP contribution in [0.4, 0.5) is 0 Å². The van der Waals surface area contributed by atoms with Crippen LogP contribution in [0.1, 0.15) is 24.2 Å². The summed E-state index contributed by atoms with van der Waals surface area (Å²) in [5.74, 6) is 0.375. The number of aromatic amines is 1. The quantitative estimate of drug-likeness (QED) is 0.695. The van der Waals surface area contributed by atoms with Crippen LogP contribution in [0.15, 0.2) is 48.1 Å². The summed E-state index contributed by atoms with van der Waals surface area (Å²) in [7, 11) is 0. The van der Waals surface area contributed by atoms with Gasteiger partial charge in [-0.25, -0.2) is 0 Å². The second kappa shape index (κ2) is 6.04. The van der Waals surface area contributed by atoms with Gasteiger partial charge in [-0.2, -0.15) is 5.21 Å². The van der Waals surface area contributed by atoms with Crippen LogP contribution in [0, 0.1) is 0 Å². The van der Waals surface area contributed by atoms with Crippen molar-refractivity contribution in [3.63, 3.8) is 0 Å². The summed E-state index contributed by atoms with van der Waals surface area (Å²) in [6.45, 7) is 0.468. The van der Waals surface area contributed by atoms with Gasteiger partial charge in [0, 0.05) is 24.5 Å². The van der Waals surface area contributed by atoms with Crippen molar-refractivity contribution in [3.8, 4) is 5.00 Å². The van der Waals surface area contributed by atoms with Gasteiger partial charge in [0.25, 0.3) is 0 Å². The number of amides is 1. The van der Waals surface area contributed by atoms with Crippen molar-refractivity contribution in [1.82, 2.24) is 30.5 Å². The average molecular weight is 340 g/mol. The third-order valence-corrected chi connectivity index (χ3v) is 5.28. The first kappa shape index (κ1) is 14.8. The second-order valence-corrected chi connectivity index (χ2v) is 6.62. The van der Waals surface area contributed by atoms with Crippen molar-refractivity contribution in [2.24, 2.45) is 0 Å². The molecule has 0 unspecified atom stereocenters. The number of hydrogen-bond donors (Lipinski definition) is 2. The van der Waals surface area contributed by atoms with Crippen molar-refractivity contribution < 1.29 is 4.79 Å². The molecule has 24 heavy (non-hydrogen) atoms. The van der Waals surface area contributed by atoms with E-state index in [4.69, 9.17) is 0 Å². The van der Waals surface area contributed by atoms with E-state index in [1.165, 1.54) is 0 Å². The highest BCUT2D eigenvalue weighted by atomic mass is 32.1. The van der Waals surface area contributed by atoms with E-state index in [2.05, 4.69) is 30.5 Å². The van der Waals surface area contributed by atoms with Gasteiger partial charge >= 0.3 is 0 Å². The Hall–Kier alpha value is -2.74. The van der Waals surface area contributed by atoms with Gasteiger partial charge in [0.15, 0.2) is 5.82 Å². The molecular formula is C16H16N6OS. The van der Waals surface area contributed by atoms with Crippen molar-refractivity contribution in [2.45, 2.75) is 24.8 Å². The number of rotatable bonds is 5. The summed E-state index contributed by atoms with van der Waals surface area (Å²) in [4.78, 5) is 12.9. The Balaban J connectivity index is 1.52. The number of allylic oxidation sites excluding steroid dienone is 2. The van der Waals surface area contributed by atoms with Gasteiger partial charge in [0.05, 0.1) is 0 Å². The van der Waals surface area contributed by atoms with E-state index in [1.54, 1.807) is 11.3 Å². The van der Waals surface area contributed by atoms with Gasteiger partial charge in [-0.05, 0) is 36.4 Å². The molecule has 1 amide bonds. The Morgan fingerprint density at radius 3 is 2.83 bits per heavy atom. The molecule has 0 saturated heterocycles. The van der Waals surface area contributed by atoms with Crippen LogP contribution in [-0.2, 0) is 16.8 Å². The van der Waals surface area contributed by atoms with Crippen LogP contribution in [-0.4, -0.2) is 31.1 Å². The van der Waals surface area contributed by atoms with Crippen LogP contribution in [0.2, 0.25) is 0 Å². The van der Waals surface area contributed by atoms with Gasteiger partial charge in [0.2, 0.25) is 5.91 Å². The number of carbonyl (C=O) groups excluding carboxylic acids is 1. The van der Waals surface area contributed by atoms with Gasteiger partial charge in [-0.15, -0.1) is 21.5 Å². The number of thiophene rings is 1. The van der Waals surface area contributed by atoms with E-state index in [-0.39, 0.29) is 5.91 Å². The van der Waals surface area contributed by atoms with Gasteiger partial charge in [0.1, 0.15) is 10.4 Å². The van der Waals surface area contributed by atoms with Crippen molar-refractivity contribution in [1.29, 1.82) is 0 Å². The highest BCUT2D eigenvalue weighted by Gasteiger charge is 2.44. The lowest BCUT2D eigenvalue weighted by atomic mass is 9.83. The molecule has 0 saturated carbocycles. The van der Waals surface area contributed by atoms with E-state index in [1.807, 2.05) is 48.1 Å². The SMILES string of the molecule is O=C(NCc1ccsc1-n1cccc1)C1(c2nn[nH]n2)CC=CC1. The topological polar surface area (TPSA) is 88.5 Å². The molecule has 8 heteroatoms. The number of aromatic nitrogens is 5. The number of carbonyl (C=O) groups is 1. The lowest BCUT2D eigenvalue weighted by Gasteiger charge is -2.24. The van der Waals surface area contributed by atoms with Crippen LogP contribution in [0.25, 0.3) is 5.00 Å². The Bertz CT molecular complexity index is 841. The summed E-state index contributed by atoms with van der Waals surface area (Å²) in [5.41, 5.74) is 0.329. The molecule has 0 aliphatic heterocycles. The van der Waals surface area contributed by atoms with Gasteiger partial charge in [-0.1, -0.05) is 17.4 Å². The fourth-order valence-corrected chi connectivity index (χ4v) is 3.89. The van der Waals surface area contributed by atoms with Crippen LogP contribution >= 0.6 is 11.3 Å². The lowest BCUT2D eigenvalue weighted by molar-refractivity contribution is -0.126. The minimum Gasteiger partial charge on any atom is -0.351 e. The minimum atomic E-state index is -0.753. The molecule has 1 aliphatic rings. The molecule has 3 aromatic rings. The molecule has 3 aromatic heterocycles. The first-order valence-electron chi connectivity index (χ1n) is 7.66. The molecule has 0 atom stereocenters. The minimum absolute atomic E-state index is 0.0708. The first-order valence-corrected chi connectivity index (χ1v) is 8.54. The highest BCUT2D eigenvalue weighted by molar-refractivity contribution is 7.12. The maximum atomic E-state index is 12.9. The number of hydrogen-bond acceptors (Lipinski definition) is 5. The molecule has 7 nitrogen and oxygen atoms in total. The maximum absolute atomic E-state index is 12.9. The molecule has 4 rings (SSSR count). The van der Waals surface area contributed by atoms with E-state index < -0.39 is 5.41 Å². The van der Waals surface area contributed by atoms with E-state index in [0.29, 0.717) is 25.2 Å². The van der Waals surface area contributed by atoms with Crippen LogP contribution in [0.3, 0.4) is 0 Å². The van der Waals surface area contributed by atoms with Crippen LogP contribution < -0.4 is 5.32 Å². The standard InChI is InChI=1S/C16H16N6OS/c23-15(16(6-1-2-7-16)14-18-20-21-19-14)17-11-12-5-10-24-13(12)22-8-3-4-9-22/h1-5,8-10H,6-7,11H2,(H,17,23)(H,18,19,20,21). The normalized spacial score (nSPS) is 15.7. The first-order chi connectivity index (χ1) is 11.8. The summed E-state index contributed by atoms with van der Waals surface area (Å²) >= 11 is 1.65. The average Bonchev–Trinajstić information content (AvgIpc) is 3.41. The molecule has 3 heterocycles. The number of H-pyrrole nitrogens is 1. The second-order valence-electron chi connectivity index (χ2n) is 5.72. The monoisotopic (exact) mass is 340 g/mol. The Morgan fingerprint density at radius 2 is 2.12 bits per heavy atom. The largest absolute Gasteiger partial charge is 0.351 e. The Morgan fingerprint density at radius 1 is 1.33 bits per heavy atom. The number of nitrogens with one attached hydrogen (secondary N) is 2.